The summed E-state index contributed by atoms with van der Waals surface area (Å²) in [5.74, 6) is 0. The van der Waals surface area contributed by atoms with Crippen molar-refractivity contribution in [2.24, 2.45) is 0 Å². The third kappa shape index (κ3) is 1.86. The van der Waals surface area contributed by atoms with Crippen LogP contribution in [-0.2, 0) is 6.42 Å². The number of rotatable bonds is 2. The van der Waals surface area contributed by atoms with E-state index in [0.29, 0.717) is 10.6 Å². The molecule has 0 fully saturated rings. The van der Waals surface area contributed by atoms with E-state index in [2.05, 4.69) is 43.3 Å². The summed E-state index contributed by atoms with van der Waals surface area (Å²) in [4.78, 5) is 1.74. The molecule has 3 rings (SSSR count). The second kappa shape index (κ2) is 4.99. The van der Waals surface area contributed by atoms with Gasteiger partial charge in [-0.3, -0.25) is 0 Å². The number of benzene rings is 2. The van der Waals surface area contributed by atoms with E-state index in [-0.39, 0.29) is 0 Å². The lowest BCUT2D eigenvalue weighted by atomic mass is 10.00. The predicted octanol–water partition coefficient (Wildman–Crippen LogP) is 4.58. The lowest BCUT2D eigenvalue weighted by molar-refractivity contribution is 1.16. The van der Waals surface area contributed by atoms with Crippen LogP contribution in [0.4, 0.5) is 5.69 Å². The summed E-state index contributed by atoms with van der Waals surface area (Å²) in [7, 11) is 0. The Labute approximate surface area is 122 Å². The van der Waals surface area contributed by atoms with Crippen LogP contribution < -0.4 is 5.73 Å². The fourth-order valence-corrected chi connectivity index (χ4v) is 3.70. The van der Waals surface area contributed by atoms with Crippen molar-refractivity contribution in [3.05, 3.63) is 52.9 Å². The quantitative estimate of drug-likeness (QED) is 0.745. The maximum atomic E-state index is 9.19. The molecule has 0 spiro atoms. The van der Waals surface area contributed by atoms with Crippen LogP contribution in [-0.4, -0.2) is 0 Å². The summed E-state index contributed by atoms with van der Waals surface area (Å²) in [6, 6.07) is 16.8. The molecule has 0 atom stereocenters. The lowest BCUT2D eigenvalue weighted by Gasteiger charge is -2.07. The molecule has 98 valence electrons. The third-order valence-corrected chi connectivity index (χ3v) is 4.72. The molecule has 0 aliphatic rings. The first-order valence-electron chi connectivity index (χ1n) is 6.55. The maximum Gasteiger partial charge on any atom is 0.128 e. The van der Waals surface area contributed by atoms with Crippen molar-refractivity contribution in [3.8, 4) is 16.5 Å². The molecule has 2 N–H and O–H groups in total. The van der Waals surface area contributed by atoms with Crippen LogP contribution in [0.2, 0.25) is 0 Å². The Morgan fingerprint density at radius 1 is 1.15 bits per heavy atom. The van der Waals surface area contributed by atoms with Gasteiger partial charge in [0.1, 0.15) is 10.9 Å². The molecule has 0 aliphatic heterocycles. The number of hydrogen-bond acceptors (Lipinski definition) is 3. The normalized spacial score (nSPS) is 10.6. The van der Waals surface area contributed by atoms with Crippen LogP contribution in [0.5, 0.6) is 0 Å². The number of anilines is 1. The van der Waals surface area contributed by atoms with Gasteiger partial charge in [0.05, 0.1) is 5.69 Å². The molecule has 0 bridgehead atoms. The molecule has 0 saturated heterocycles. The molecule has 1 heterocycles. The summed E-state index contributed by atoms with van der Waals surface area (Å²) in [6.45, 7) is 2.08. The van der Waals surface area contributed by atoms with Crippen molar-refractivity contribution in [2.45, 2.75) is 13.3 Å². The number of nitriles is 1. The van der Waals surface area contributed by atoms with Gasteiger partial charge < -0.3 is 5.73 Å². The molecular weight excluding hydrogens is 264 g/mol. The Morgan fingerprint density at radius 3 is 2.65 bits per heavy atom. The zero-order valence-corrected chi connectivity index (χ0v) is 12.0. The zero-order chi connectivity index (χ0) is 14.1. The topological polar surface area (TPSA) is 49.8 Å². The van der Waals surface area contributed by atoms with Crippen LogP contribution in [0.1, 0.15) is 17.4 Å². The summed E-state index contributed by atoms with van der Waals surface area (Å²) in [5.41, 5.74) is 8.99. The minimum atomic E-state index is 0.616. The summed E-state index contributed by atoms with van der Waals surface area (Å²) in [5, 5.41) is 11.6. The molecule has 2 nitrogen and oxygen atoms in total. The highest BCUT2D eigenvalue weighted by Crippen LogP contribution is 2.41. The molecule has 20 heavy (non-hydrogen) atoms. The van der Waals surface area contributed by atoms with E-state index in [4.69, 9.17) is 5.73 Å². The van der Waals surface area contributed by atoms with Crippen molar-refractivity contribution in [3.63, 3.8) is 0 Å². The average Bonchev–Trinajstić information content (AvgIpc) is 2.82. The second-order valence-electron chi connectivity index (χ2n) is 4.64. The fraction of sp³-hybridized carbons (Fsp3) is 0.118. The van der Waals surface area contributed by atoms with Crippen LogP contribution in [0.3, 0.4) is 0 Å². The van der Waals surface area contributed by atoms with Gasteiger partial charge in [-0.25, -0.2) is 0 Å². The lowest BCUT2D eigenvalue weighted by Crippen LogP contribution is -1.91. The van der Waals surface area contributed by atoms with Crippen LogP contribution in [0, 0.1) is 11.3 Å². The number of hydrogen-bond donors (Lipinski definition) is 1. The molecule has 0 radical (unpaired) electrons. The molecule has 0 unspecified atom stereocenters. The van der Waals surface area contributed by atoms with Crippen molar-refractivity contribution in [1.29, 1.82) is 5.26 Å². The Morgan fingerprint density at radius 2 is 1.90 bits per heavy atom. The highest BCUT2D eigenvalue weighted by atomic mass is 32.1. The molecule has 0 aliphatic carbocycles. The van der Waals surface area contributed by atoms with Gasteiger partial charge in [0.2, 0.25) is 0 Å². The van der Waals surface area contributed by atoms with E-state index in [0.717, 1.165) is 22.4 Å². The Balaban J connectivity index is 2.34. The van der Waals surface area contributed by atoms with E-state index in [1.807, 2.05) is 12.1 Å². The smallest absolute Gasteiger partial charge is 0.128 e. The monoisotopic (exact) mass is 278 g/mol. The summed E-state index contributed by atoms with van der Waals surface area (Å²) >= 11 is 1.49. The van der Waals surface area contributed by atoms with E-state index >= 15 is 0 Å². The first-order valence-corrected chi connectivity index (χ1v) is 7.37. The van der Waals surface area contributed by atoms with Crippen molar-refractivity contribution in [1.82, 2.24) is 0 Å². The van der Waals surface area contributed by atoms with Gasteiger partial charge in [0, 0.05) is 4.88 Å². The first-order chi connectivity index (χ1) is 9.76. The highest BCUT2D eigenvalue weighted by Gasteiger charge is 2.17. The largest absolute Gasteiger partial charge is 0.397 e. The number of nitrogens with two attached hydrogens (primary N) is 1. The molecule has 1 aromatic heterocycles. The van der Waals surface area contributed by atoms with Crippen LogP contribution in [0.15, 0.2) is 42.5 Å². The number of nitrogens with zero attached hydrogens (tertiary/aromatic N) is 1. The van der Waals surface area contributed by atoms with E-state index in [1.165, 1.54) is 22.1 Å². The van der Waals surface area contributed by atoms with E-state index < -0.39 is 0 Å². The van der Waals surface area contributed by atoms with Gasteiger partial charge in [0.25, 0.3) is 0 Å². The molecule has 2 aromatic carbocycles. The van der Waals surface area contributed by atoms with E-state index in [9.17, 15) is 5.26 Å². The Bertz CT molecular complexity index is 819. The van der Waals surface area contributed by atoms with Crippen LogP contribution in [0.25, 0.3) is 21.2 Å². The highest BCUT2D eigenvalue weighted by molar-refractivity contribution is 7.17. The minimum Gasteiger partial charge on any atom is -0.397 e. The standard InChI is InChI=1S/C17H14N2S/c1-2-12-16(19)15(10-18)20-17(12)14-9-5-7-11-6-3-4-8-13(11)14/h3-9H,2,19H2,1H3. The number of fused-ring (bicyclic) bond motifs is 1. The SMILES string of the molecule is CCc1c(-c2cccc3ccccc23)sc(C#N)c1N. The summed E-state index contributed by atoms with van der Waals surface area (Å²) in [6.07, 6.45) is 0.836. The summed E-state index contributed by atoms with van der Waals surface area (Å²) < 4.78 is 0. The fourth-order valence-electron chi connectivity index (χ4n) is 2.55. The van der Waals surface area contributed by atoms with Crippen molar-refractivity contribution in [2.75, 3.05) is 5.73 Å². The predicted molar refractivity (Wildman–Crippen MR) is 85.8 cm³/mol. The molecule has 3 aromatic rings. The maximum absolute atomic E-state index is 9.19. The number of thiophene rings is 1. The van der Waals surface area contributed by atoms with Gasteiger partial charge in [-0.15, -0.1) is 11.3 Å². The van der Waals surface area contributed by atoms with Gasteiger partial charge in [0.15, 0.2) is 0 Å². The van der Waals surface area contributed by atoms with Crippen molar-refractivity contribution < 1.29 is 0 Å². The Hall–Kier alpha value is -2.31. The van der Waals surface area contributed by atoms with Crippen molar-refractivity contribution >= 4 is 27.8 Å². The number of nitrogen functional groups attached to an aromatic ring is 1. The van der Waals surface area contributed by atoms with E-state index in [1.54, 1.807) is 0 Å². The van der Waals surface area contributed by atoms with Gasteiger partial charge in [-0.05, 0) is 28.3 Å². The average molecular weight is 278 g/mol. The van der Waals surface area contributed by atoms with Gasteiger partial charge in [-0.2, -0.15) is 5.26 Å². The second-order valence-corrected chi connectivity index (χ2v) is 5.67. The molecular formula is C17H14N2S. The molecule has 3 heteroatoms. The third-order valence-electron chi connectivity index (χ3n) is 3.54. The van der Waals surface area contributed by atoms with Gasteiger partial charge >= 0.3 is 0 Å². The van der Waals surface area contributed by atoms with Crippen LogP contribution >= 0.6 is 11.3 Å². The minimum absolute atomic E-state index is 0.616. The van der Waals surface area contributed by atoms with Gasteiger partial charge in [-0.1, -0.05) is 49.4 Å². The Kier molecular flexibility index (Phi) is 3.17. The molecule has 0 amide bonds. The molecule has 0 saturated carbocycles. The zero-order valence-electron chi connectivity index (χ0n) is 11.2. The first kappa shape index (κ1) is 12.7.